The largest absolute Gasteiger partial charge is 0.573 e. The van der Waals surface area contributed by atoms with Crippen LogP contribution < -0.4 is 14.8 Å². The Hall–Kier alpha value is -2.94. The second-order valence-corrected chi connectivity index (χ2v) is 11.2. The van der Waals surface area contributed by atoms with Gasteiger partial charge in [0.05, 0.1) is 23.7 Å². The molecule has 0 bridgehead atoms. The molecule has 1 fully saturated rings. The summed E-state index contributed by atoms with van der Waals surface area (Å²) < 4.78 is 49.5. The minimum absolute atomic E-state index is 0.143. The number of hydrogen-bond acceptors (Lipinski definition) is 5. The van der Waals surface area contributed by atoms with Crippen molar-refractivity contribution in [3.63, 3.8) is 0 Å². The van der Waals surface area contributed by atoms with Gasteiger partial charge < -0.3 is 24.5 Å². The fourth-order valence-electron chi connectivity index (χ4n) is 5.59. The fraction of sp³-hybridized carbons (Fsp3) is 0.519. The Morgan fingerprint density at radius 3 is 2.33 bits per heavy atom. The molecule has 0 spiro atoms. The second-order valence-electron chi connectivity index (χ2n) is 11.2. The summed E-state index contributed by atoms with van der Waals surface area (Å²) in [6, 6.07) is 9.50. The van der Waals surface area contributed by atoms with Crippen LogP contribution in [-0.2, 0) is 5.60 Å². The third-order valence-corrected chi connectivity index (χ3v) is 6.74. The summed E-state index contributed by atoms with van der Waals surface area (Å²) in [4.78, 5) is 4.86. The van der Waals surface area contributed by atoms with Gasteiger partial charge in [-0.05, 0) is 74.8 Å². The van der Waals surface area contributed by atoms with Gasteiger partial charge >= 0.3 is 6.36 Å². The minimum atomic E-state index is -4.75. The van der Waals surface area contributed by atoms with Crippen LogP contribution in [0.4, 0.5) is 24.8 Å². The Kier molecular flexibility index (Phi) is 6.66. The van der Waals surface area contributed by atoms with Crippen molar-refractivity contribution in [1.82, 2.24) is 9.55 Å². The Bertz CT molecular complexity index is 1230. The normalized spacial score (nSPS) is 20.4. The van der Waals surface area contributed by atoms with Crippen LogP contribution in [0.2, 0.25) is 0 Å². The summed E-state index contributed by atoms with van der Waals surface area (Å²) in [5.74, 6) is 1.38. The van der Waals surface area contributed by atoms with E-state index in [1.807, 2.05) is 12.1 Å². The van der Waals surface area contributed by atoms with Crippen LogP contribution in [0.5, 0.6) is 11.5 Å². The summed E-state index contributed by atoms with van der Waals surface area (Å²) in [7, 11) is 1.58. The van der Waals surface area contributed by atoms with Gasteiger partial charge in [0.2, 0.25) is 5.95 Å². The number of methoxy groups -OCH3 is 1. The zero-order valence-corrected chi connectivity index (χ0v) is 21.5. The molecule has 0 radical (unpaired) electrons. The van der Waals surface area contributed by atoms with Gasteiger partial charge in [0.25, 0.3) is 0 Å². The molecule has 6 nitrogen and oxygen atoms in total. The number of halogens is 3. The van der Waals surface area contributed by atoms with Crippen molar-refractivity contribution in [1.29, 1.82) is 0 Å². The summed E-state index contributed by atoms with van der Waals surface area (Å²) >= 11 is 0. The minimum Gasteiger partial charge on any atom is -0.496 e. The molecule has 1 saturated carbocycles. The number of alkyl halides is 3. The summed E-state index contributed by atoms with van der Waals surface area (Å²) in [5, 5.41) is 14.0. The maximum Gasteiger partial charge on any atom is 0.573 e. The zero-order chi connectivity index (χ0) is 26.5. The highest BCUT2D eigenvalue weighted by Gasteiger charge is 2.35. The molecule has 2 aromatic carbocycles. The van der Waals surface area contributed by atoms with Crippen molar-refractivity contribution in [3.05, 3.63) is 42.0 Å². The van der Waals surface area contributed by atoms with Crippen LogP contribution in [0.15, 0.2) is 36.4 Å². The van der Waals surface area contributed by atoms with Crippen LogP contribution in [0.1, 0.15) is 65.5 Å². The van der Waals surface area contributed by atoms with Gasteiger partial charge in [-0.1, -0.05) is 20.8 Å². The van der Waals surface area contributed by atoms with Crippen LogP contribution in [0.3, 0.4) is 0 Å². The summed E-state index contributed by atoms with van der Waals surface area (Å²) in [5.41, 5.74) is 1.78. The Labute approximate surface area is 209 Å². The molecule has 1 aliphatic rings. The number of hydrogen-bond donors (Lipinski definition) is 2. The van der Waals surface area contributed by atoms with Crippen molar-refractivity contribution >= 4 is 22.7 Å². The molecule has 9 heteroatoms. The first-order valence-corrected chi connectivity index (χ1v) is 12.1. The van der Waals surface area contributed by atoms with Crippen LogP contribution in [-0.4, -0.2) is 28.1 Å². The molecule has 1 aromatic heterocycles. The van der Waals surface area contributed by atoms with Gasteiger partial charge in [0, 0.05) is 23.4 Å². The van der Waals surface area contributed by atoms with Crippen molar-refractivity contribution in [2.45, 2.75) is 71.9 Å². The lowest BCUT2D eigenvalue weighted by molar-refractivity contribution is -0.274. The second kappa shape index (κ2) is 9.18. The zero-order valence-electron chi connectivity index (χ0n) is 21.5. The number of imidazole rings is 1. The van der Waals surface area contributed by atoms with Crippen molar-refractivity contribution < 1.29 is 27.8 Å². The lowest BCUT2D eigenvalue weighted by Gasteiger charge is -2.40. The van der Waals surface area contributed by atoms with Gasteiger partial charge in [-0.25, -0.2) is 4.98 Å². The first kappa shape index (κ1) is 26.1. The first-order chi connectivity index (χ1) is 16.6. The molecule has 0 saturated heterocycles. The molecule has 0 amide bonds. The molecule has 2 atom stereocenters. The molecule has 3 aromatic rings. The number of aromatic nitrogens is 2. The van der Waals surface area contributed by atoms with E-state index in [9.17, 15) is 18.3 Å². The monoisotopic (exact) mass is 505 g/mol. The number of aliphatic hydroxyl groups is 1. The third-order valence-electron chi connectivity index (χ3n) is 6.74. The standard InChI is InChI=1S/C27H34F3N3O3/c1-16-11-18(15-25(2,3)14-16)33-22-13-23(35-6)20(26(4,5)34)12-21(22)32-24(33)31-17-7-9-19(10-8-17)36-27(28,29)30/h7-10,12-13,16,18,34H,11,14-15H2,1-6H3,(H,31,32)/t16-,18+/m1/s1. The van der Waals surface area contributed by atoms with Crippen molar-refractivity contribution in [3.8, 4) is 11.5 Å². The summed E-state index contributed by atoms with van der Waals surface area (Å²) in [6.45, 7) is 10.2. The molecule has 2 N–H and O–H groups in total. The lowest BCUT2D eigenvalue weighted by Crippen LogP contribution is -2.29. The average Bonchev–Trinajstić information content (AvgIpc) is 3.08. The predicted octanol–water partition coefficient (Wildman–Crippen LogP) is 7.30. The van der Waals surface area contributed by atoms with Gasteiger partial charge in [0.1, 0.15) is 11.5 Å². The van der Waals surface area contributed by atoms with E-state index >= 15 is 0 Å². The smallest absolute Gasteiger partial charge is 0.496 e. The third kappa shape index (κ3) is 5.72. The molecule has 36 heavy (non-hydrogen) atoms. The van der Waals surface area contributed by atoms with E-state index in [0.29, 0.717) is 34.4 Å². The van der Waals surface area contributed by atoms with Gasteiger partial charge in [-0.2, -0.15) is 0 Å². The molecular formula is C27H34F3N3O3. The molecule has 196 valence electrons. The van der Waals surface area contributed by atoms with Crippen molar-refractivity contribution in [2.24, 2.45) is 11.3 Å². The topological polar surface area (TPSA) is 68.5 Å². The maximum atomic E-state index is 12.6. The Balaban J connectivity index is 1.81. The van der Waals surface area contributed by atoms with Gasteiger partial charge in [-0.15, -0.1) is 13.2 Å². The summed E-state index contributed by atoms with van der Waals surface area (Å²) in [6.07, 6.45) is -1.70. The average molecular weight is 506 g/mol. The Morgan fingerprint density at radius 1 is 1.11 bits per heavy atom. The number of fused-ring (bicyclic) bond motifs is 1. The molecular weight excluding hydrogens is 471 g/mol. The highest BCUT2D eigenvalue weighted by Crippen LogP contribution is 2.47. The van der Waals surface area contributed by atoms with E-state index in [2.05, 4.69) is 35.4 Å². The molecule has 0 aliphatic heterocycles. The van der Waals surface area contributed by atoms with Crippen LogP contribution in [0.25, 0.3) is 11.0 Å². The van der Waals surface area contributed by atoms with E-state index < -0.39 is 12.0 Å². The molecule has 4 rings (SSSR count). The fourth-order valence-corrected chi connectivity index (χ4v) is 5.59. The predicted molar refractivity (Wildman–Crippen MR) is 134 cm³/mol. The number of nitrogens with one attached hydrogen (secondary N) is 1. The highest BCUT2D eigenvalue weighted by molar-refractivity contribution is 5.83. The van der Waals surface area contributed by atoms with E-state index in [1.165, 1.54) is 24.3 Å². The molecule has 1 heterocycles. The van der Waals surface area contributed by atoms with E-state index in [1.54, 1.807) is 21.0 Å². The van der Waals surface area contributed by atoms with E-state index in [0.717, 1.165) is 24.8 Å². The number of rotatable bonds is 6. The van der Waals surface area contributed by atoms with Crippen molar-refractivity contribution in [2.75, 3.05) is 12.4 Å². The number of anilines is 2. The number of ether oxygens (including phenoxy) is 2. The van der Waals surface area contributed by atoms with Crippen LogP contribution >= 0.6 is 0 Å². The van der Waals surface area contributed by atoms with Gasteiger partial charge in [-0.3, -0.25) is 0 Å². The van der Waals surface area contributed by atoms with E-state index in [-0.39, 0.29) is 17.2 Å². The lowest BCUT2D eigenvalue weighted by atomic mass is 9.70. The molecule has 1 aliphatic carbocycles. The number of benzene rings is 2. The maximum absolute atomic E-state index is 12.6. The first-order valence-electron chi connectivity index (χ1n) is 12.1. The SMILES string of the molecule is COc1cc2c(cc1C(C)(C)O)nc(Nc1ccc(OC(F)(F)F)cc1)n2[C@H]1C[C@@H](C)CC(C)(C)C1. The van der Waals surface area contributed by atoms with Gasteiger partial charge in [0.15, 0.2) is 0 Å². The quantitative estimate of drug-likeness (QED) is 0.368. The van der Waals surface area contributed by atoms with E-state index in [4.69, 9.17) is 9.72 Å². The van der Waals surface area contributed by atoms with Crippen LogP contribution in [0, 0.1) is 11.3 Å². The number of nitrogens with zero attached hydrogens (tertiary/aromatic N) is 2. The Morgan fingerprint density at radius 2 is 1.78 bits per heavy atom. The highest BCUT2D eigenvalue weighted by atomic mass is 19.4. The molecule has 0 unspecified atom stereocenters.